The van der Waals surface area contributed by atoms with Crippen LogP contribution in [0.2, 0.25) is 0 Å². The zero-order valence-electron chi connectivity index (χ0n) is 13.4. The fourth-order valence-electron chi connectivity index (χ4n) is 2.43. The van der Waals surface area contributed by atoms with E-state index >= 15 is 0 Å². The van der Waals surface area contributed by atoms with Crippen LogP contribution in [0.15, 0.2) is 30.6 Å². The summed E-state index contributed by atoms with van der Waals surface area (Å²) in [4.78, 5) is 12.1. The fraction of sp³-hybridized carbons (Fsp3) is 0.500. The Labute approximate surface area is 130 Å². The Kier molecular flexibility index (Phi) is 5.63. The minimum absolute atomic E-state index is 0.0142. The van der Waals surface area contributed by atoms with Crippen LogP contribution in [0, 0.1) is 5.92 Å². The van der Waals surface area contributed by atoms with Crippen molar-refractivity contribution in [1.29, 1.82) is 0 Å². The quantitative estimate of drug-likeness (QED) is 0.850. The van der Waals surface area contributed by atoms with Crippen molar-refractivity contribution in [2.24, 2.45) is 5.92 Å². The van der Waals surface area contributed by atoms with Crippen LogP contribution < -0.4 is 5.32 Å². The number of hydrogen-bond acceptors (Lipinski definition) is 4. The summed E-state index contributed by atoms with van der Waals surface area (Å²) in [6.45, 7) is 6.50. The molecule has 0 fully saturated rings. The first-order valence-electron chi connectivity index (χ1n) is 7.69. The van der Waals surface area contributed by atoms with E-state index in [1.54, 1.807) is 0 Å². The van der Waals surface area contributed by atoms with Crippen LogP contribution in [0.4, 0.5) is 0 Å². The van der Waals surface area contributed by atoms with E-state index in [0.717, 1.165) is 18.4 Å². The highest BCUT2D eigenvalue weighted by Crippen LogP contribution is 2.22. The van der Waals surface area contributed by atoms with Crippen molar-refractivity contribution in [2.75, 3.05) is 0 Å². The summed E-state index contributed by atoms with van der Waals surface area (Å²) < 4.78 is 1.41. The topological polar surface area (TPSA) is 72.7 Å². The third-order valence-electron chi connectivity index (χ3n) is 3.56. The highest BCUT2D eigenvalue weighted by atomic mass is 16.2. The van der Waals surface area contributed by atoms with Crippen molar-refractivity contribution >= 4 is 5.91 Å². The summed E-state index contributed by atoms with van der Waals surface area (Å²) >= 11 is 0. The van der Waals surface area contributed by atoms with E-state index in [-0.39, 0.29) is 18.5 Å². The molecule has 118 valence electrons. The average molecular weight is 301 g/mol. The highest BCUT2D eigenvalue weighted by Gasteiger charge is 2.18. The number of tetrazole rings is 1. The van der Waals surface area contributed by atoms with Crippen molar-refractivity contribution in [2.45, 2.75) is 46.2 Å². The van der Waals surface area contributed by atoms with Crippen LogP contribution in [-0.4, -0.2) is 26.1 Å². The minimum atomic E-state index is -0.0939. The third kappa shape index (κ3) is 4.38. The average Bonchev–Trinajstić information content (AvgIpc) is 2.99. The van der Waals surface area contributed by atoms with Gasteiger partial charge in [0.2, 0.25) is 5.91 Å². The monoisotopic (exact) mass is 301 g/mol. The maximum absolute atomic E-state index is 12.1. The van der Waals surface area contributed by atoms with Gasteiger partial charge in [-0.15, -0.1) is 5.10 Å². The maximum Gasteiger partial charge on any atom is 0.242 e. The number of nitrogens with zero attached hydrogens (tertiary/aromatic N) is 4. The molecule has 0 unspecified atom stereocenters. The Balaban J connectivity index is 2.04. The van der Waals surface area contributed by atoms with E-state index in [2.05, 4.69) is 65.9 Å². The van der Waals surface area contributed by atoms with Gasteiger partial charge in [-0.25, -0.2) is 4.68 Å². The molecule has 0 saturated carbocycles. The Morgan fingerprint density at radius 3 is 2.55 bits per heavy atom. The van der Waals surface area contributed by atoms with E-state index in [9.17, 15) is 4.79 Å². The first kappa shape index (κ1) is 16.1. The van der Waals surface area contributed by atoms with E-state index in [0.29, 0.717) is 5.92 Å². The number of aryl methyl sites for hydroxylation is 1. The van der Waals surface area contributed by atoms with E-state index < -0.39 is 0 Å². The zero-order valence-corrected chi connectivity index (χ0v) is 13.4. The number of benzene rings is 1. The van der Waals surface area contributed by atoms with Crippen LogP contribution in [0.5, 0.6) is 0 Å². The summed E-state index contributed by atoms with van der Waals surface area (Å²) in [5, 5.41) is 13.8. The molecule has 22 heavy (non-hydrogen) atoms. The molecule has 6 heteroatoms. The van der Waals surface area contributed by atoms with Crippen LogP contribution in [0.1, 0.15) is 44.4 Å². The molecular weight excluding hydrogens is 278 g/mol. The third-order valence-corrected chi connectivity index (χ3v) is 3.56. The second-order valence-corrected chi connectivity index (χ2v) is 5.79. The molecule has 1 amide bonds. The molecular formula is C16H23N5O. The zero-order chi connectivity index (χ0) is 15.9. The molecule has 0 aliphatic heterocycles. The van der Waals surface area contributed by atoms with Gasteiger partial charge in [0.25, 0.3) is 0 Å². The molecule has 1 heterocycles. The molecule has 0 saturated heterocycles. The fourth-order valence-corrected chi connectivity index (χ4v) is 2.43. The summed E-state index contributed by atoms with van der Waals surface area (Å²) in [6.07, 6.45) is 3.65. The molecule has 1 N–H and O–H groups in total. The lowest BCUT2D eigenvalue weighted by atomic mass is 9.94. The standard InChI is InChI=1S/C16H23N5O/c1-4-5-13-6-8-14(9-7-13)16(12(2)3)18-15(22)10-21-11-17-19-20-21/h6-9,11-12,16H,4-5,10H2,1-3H3,(H,18,22)/t16-/m1/s1. The first-order valence-corrected chi connectivity index (χ1v) is 7.69. The van der Waals surface area contributed by atoms with Gasteiger partial charge < -0.3 is 5.32 Å². The second kappa shape index (κ2) is 7.68. The van der Waals surface area contributed by atoms with Crippen LogP contribution >= 0.6 is 0 Å². The maximum atomic E-state index is 12.1. The molecule has 6 nitrogen and oxygen atoms in total. The lowest BCUT2D eigenvalue weighted by molar-refractivity contribution is -0.123. The lowest BCUT2D eigenvalue weighted by Crippen LogP contribution is -2.34. The lowest BCUT2D eigenvalue weighted by Gasteiger charge is -2.23. The molecule has 0 aliphatic rings. The van der Waals surface area contributed by atoms with E-state index in [1.807, 2.05) is 0 Å². The molecule has 0 radical (unpaired) electrons. The Morgan fingerprint density at radius 2 is 2.00 bits per heavy atom. The molecule has 0 bridgehead atoms. The van der Waals surface area contributed by atoms with Gasteiger partial charge in [-0.1, -0.05) is 51.5 Å². The van der Waals surface area contributed by atoms with Crippen molar-refractivity contribution in [3.63, 3.8) is 0 Å². The normalized spacial score (nSPS) is 12.4. The van der Waals surface area contributed by atoms with E-state index in [4.69, 9.17) is 0 Å². The van der Waals surface area contributed by atoms with Crippen molar-refractivity contribution in [1.82, 2.24) is 25.5 Å². The van der Waals surface area contributed by atoms with Crippen molar-refractivity contribution < 1.29 is 4.79 Å². The molecule has 0 aliphatic carbocycles. The molecule has 2 aromatic rings. The number of aromatic nitrogens is 4. The van der Waals surface area contributed by atoms with Gasteiger partial charge in [0, 0.05) is 0 Å². The van der Waals surface area contributed by atoms with Gasteiger partial charge in [-0.05, 0) is 33.9 Å². The number of rotatable bonds is 7. The van der Waals surface area contributed by atoms with Gasteiger partial charge in [0.05, 0.1) is 6.04 Å². The van der Waals surface area contributed by atoms with Gasteiger partial charge in [-0.2, -0.15) is 0 Å². The molecule has 1 aromatic carbocycles. The number of carbonyl (C=O) groups excluding carboxylic acids is 1. The van der Waals surface area contributed by atoms with Crippen LogP contribution in [0.3, 0.4) is 0 Å². The second-order valence-electron chi connectivity index (χ2n) is 5.79. The molecule has 1 atom stereocenters. The van der Waals surface area contributed by atoms with Crippen molar-refractivity contribution in [3.8, 4) is 0 Å². The summed E-state index contributed by atoms with van der Waals surface area (Å²) in [5.41, 5.74) is 2.45. The minimum Gasteiger partial charge on any atom is -0.347 e. The number of nitrogens with one attached hydrogen (secondary N) is 1. The Morgan fingerprint density at radius 1 is 1.27 bits per heavy atom. The van der Waals surface area contributed by atoms with Crippen molar-refractivity contribution in [3.05, 3.63) is 41.7 Å². The highest BCUT2D eigenvalue weighted by molar-refractivity contribution is 5.76. The molecule has 2 rings (SSSR count). The summed E-state index contributed by atoms with van der Waals surface area (Å²) in [6, 6.07) is 8.48. The smallest absolute Gasteiger partial charge is 0.242 e. The predicted molar refractivity (Wildman–Crippen MR) is 84.0 cm³/mol. The SMILES string of the molecule is CCCc1ccc([C@H](NC(=O)Cn2cnnn2)C(C)C)cc1. The number of amides is 1. The summed E-state index contributed by atoms with van der Waals surface area (Å²) in [7, 11) is 0. The molecule has 1 aromatic heterocycles. The van der Waals surface area contributed by atoms with Gasteiger partial charge in [0.15, 0.2) is 0 Å². The van der Waals surface area contributed by atoms with Gasteiger partial charge >= 0.3 is 0 Å². The molecule has 0 spiro atoms. The summed E-state index contributed by atoms with van der Waals surface area (Å²) in [5.74, 6) is 0.207. The number of hydrogen-bond donors (Lipinski definition) is 1. The van der Waals surface area contributed by atoms with Crippen LogP contribution in [-0.2, 0) is 17.8 Å². The van der Waals surface area contributed by atoms with E-state index in [1.165, 1.54) is 16.6 Å². The van der Waals surface area contributed by atoms with Crippen LogP contribution in [0.25, 0.3) is 0 Å². The van der Waals surface area contributed by atoms with Gasteiger partial charge in [0.1, 0.15) is 12.9 Å². The largest absolute Gasteiger partial charge is 0.347 e. The van der Waals surface area contributed by atoms with Gasteiger partial charge in [-0.3, -0.25) is 4.79 Å². The predicted octanol–water partition coefficient (Wildman–Crippen LogP) is 2.14. The Bertz CT molecular complexity index is 577. The first-order chi connectivity index (χ1) is 10.6. The Hall–Kier alpha value is -2.24. The number of carbonyl (C=O) groups is 1.